The first kappa shape index (κ1) is 18.1. The number of hydrazine groups is 1. The predicted molar refractivity (Wildman–Crippen MR) is 100 cm³/mol. The van der Waals surface area contributed by atoms with E-state index in [1.807, 2.05) is 6.07 Å². The van der Waals surface area contributed by atoms with Gasteiger partial charge in [0.25, 0.3) is 5.91 Å². The van der Waals surface area contributed by atoms with E-state index >= 15 is 0 Å². The molecule has 138 valence electrons. The third kappa shape index (κ3) is 4.08. The van der Waals surface area contributed by atoms with Gasteiger partial charge in [-0.25, -0.2) is 10.2 Å². The molecule has 8 heteroatoms. The molecule has 1 aromatic heterocycles. The van der Waals surface area contributed by atoms with Crippen molar-refractivity contribution >= 4 is 29.0 Å². The van der Waals surface area contributed by atoms with Gasteiger partial charge in [-0.3, -0.25) is 10.2 Å². The lowest BCUT2D eigenvalue weighted by molar-refractivity contribution is 0.0942. The van der Waals surface area contributed by atoms with Crippen molar-refractivity contribution < 1.29 is 19.1 Å². The molecule has 3 amide bonds. The third-order valence-electron chi connectivity index (χ3n) is 4.16. The smallest absolute Gasteiger partial charge is 0.338 e. The number of methoxy groups -OCH3 is 2. The van der Waals surface area contributed by atoms with Crippen LogP contribution in [0.15, 0.2) is 24.3 Å². The lowest BCUT2D eigenvalue weighted by Gasteiger charge is -2.12. The van der Waals surface area contributed by atoms with Crippen LogP contribution in [0.5, 0.6) is 11.5 Å². The number of fused-ring (bicyclic) bond motifs is 1. The molecule has 1 aliphatic rings. The number of carbonyl (C=O) groups excluding carboxylic acids is 2. The van der Waals surface area contributed by atoms with Crippen LogP contribution in [0.4, 0.5) is 10.5 Å². The number of rotatable bonds is 4. The van der Waals surface area contributed by atoms with Crippen molar-refractivity contribution in [1.82, 2.24) is 10.9 Å². The molecule has 0 saturated carbocycles. The molecule has 0 fully saturated rings. The molecule has 3 rings (SSSR count). The predicted octanol–water partition coefficient (Wildman–Crippen LogP) is 3.11. The van der Waals surface area contributed by atoms with Crippen LogP contribution in [0, 0.1) is 0 Å². The van der Waals surface area contributed by atoms with Crippen LogP contribution in [0.3, 0.4) is 0 Å². The molecule has 0 radical (unpaired) electrons. The first-order valence-corrected chi connectivity index (χ1v) is 9.13. The van der Waals surface area contributed by atoms with Gasteiger partial charge in [-0.15, -0.1) is 11.3 Å². The van der Waals surface area contributed by atoms with Crippen LogP contribution in [-0.4, -0.2) is 26.2 Å². The fourth-order valence-corrected chi connectivity index (χ4v) is 3.99. The number of amides is 3. The zero-order valence-corrected chi connectivity index (χ0v) is 15.5. The second-order valence-corrected chi connectivity index (χ2v) is 7.00. The van der Waals surface area contributed by atoms with Crippen LogP contribution in [0.2, 0.25) is 0 Å². The fourth-order valence-electron chi connectivity index (χ4n) is 2.84. The molecule has 26 heavy (non-hydrogen) atoms. The molecule has 0 unspecified atom stereocenters. The number of anilines is 1. The Morgan fingerprint density at radius 2 is 1.85 bits per heavy atom. The topological polar surface area (TPSA) is 88.7 Å². The van der Waals surface area contributed by atoms with Gasteiger partial charge in [-0.05, 0) is 49.4 Å². The van der Waals surface area contributed by atoms with E-state index in [-0.39, 0.29) is 5.91 Å². The molecule has 1 heterocycles. The number of hydrogen-bond acceptors (Lipinski definition) is 5. The summed E-state index contributed by atoms with van der Waals surface area (Å²) in [6.07, 6.45) is 4.37. The Morgan fingerprint density at radius 3 is 2.58 bits per heavy atom. The summed E-state index contributed by atoms with van der Waals surface area (Å²) in [6.45, 7) is 0. The highest BCUT2D eigenvalue weighted by Crippen LogP contribution is 2.30. The Balaban J connectivity index is 1.58. The monoisotopic (exact) mass is 375 g/mol. The number of carbonyl (C=O) groups is 2. The van der Waals surface area contributed by atoms with Gasteiger partial charge in [-0.2, -0.15) is 0 Å². The Bertz CT molecular complexity index is 795. The molecular formula is C18H21N3O4S. The Labute approximate surface area is 155 Å². The third-order valence-corrected chi connectivity index (χ3v) is 5.40. The summed E-state index contributed by atoms with van der Waals surface area (Å²) in [4.78, 5) is 26.2. The van der Waals surface area contributed by atoms with Gasteiger partial charge in [0.2, 0.25) is 0 Å². The Morgan fingerprint density at radius 1 is 1.04 bits per heavy atom. The summed E-state index contributed by atoms with van der Waals surface area (Å²) in [5, 5.41) is 2.63. The molecular weight excluding hydrogens is 354 g/mol. The molecule has 1 aliphatic carbocycles. The molecule has 7 nitrogen and oxygen atoms in total. The highest BCUT2D eigenvalue weighted by Gasteiger charge is 2.18. The van der Waals surface area contributed by atoms with Crippen LogP contribution in [0.1, 0.15) is 33.0 Å². The van der Waals surface area contributed by atoms with Crippen molar-refractivity contribution in [3.8, 4) is 11.5 Å². The molecule has 3 N–H and O–H groups in total. The molecule has 0 saturated heterocycles. The van der Waals surface area contributed by atoms with Gasteiger partial charge in [0.05, 0.1) is 24.8 Å². The summed E-state index contributed by atoms with van der Waals surface area (Å²) in [6, 6.07) is 6.38. The minimum atomic E-state index is -0.578. The van der Waals surface area contributed by atoms with Crippen molar-refractivity contribution in [1.29, 1.82) is 0 Å². The molecule has 0 bridgehead atoms. The van der Waals surface area contributed by atoms with Crippen molar-refractivity contribution in [2.75, 3.05) is 19.5 Å². The Hall–Kier alpha value is -2.74. The zero-order chi connectivity index (χ0) is 18.5. The summed E-state index contributed by atoms with van der Waals surface area (Å²) < 4.78 is 10.3. The maximum atomic E-state index is 12.3. The summed E-state index contributed by atoms with van der Waals surface area (Å²) >= 11 is 1.49. The standard InChI is InChI=1S/C18H21N3O4S/c1-24-12-7-8-14(25-2)13(10-12)19-18(23)21-20-17(22)16-9-11-5-3-4-6-15(11)26-16/h7-10H,3-6H2,1-2H3,(H,20,22)(H2,19,21,23). The SMILES string of the molecule is COc1ccc(OC)c(NC(=O)NNC(=O)c2cc3c(s2)CCCC3)c1. The Kier molecular flexibility index (Phi) is 5.62. The van der Waals surface area contributed by atoms with Gasteiger partial charge >= 0.3 is 6.03 Å². The largest absolute Gasteiger partial charge is 0.497 e. The first-order valence-electron chi connectivity index (χ1n) is 8.31. The number of thiophene rings is 1. The van der Waals surface area contributed by atoms with E-state index < -0.39 is 6.03 Å². The van der Waals surface area contributed by atoms with E-state index in [0.29, 0.717) is 22.1 Å². The van der Waals surface area contributed by atoms with E-state index in [9.17, 15) is 9.59 Å². The summed E-state index contributed by atoms with van der Waals surface area (Å²) in [5.41, 5.74) is 6.47. The van der Waals surface area contributed by atoms with E-state index in [2.05, 4.69) is 16.2 Å². The number of nitrogens with one attached hydrogen (secondary N) is 3. The van der Waals surface area contributed by atoms with Crippen molar-refractivity contribution in [2.45, 2.75) is 25.7 Å². The van der Waals surface area contributed by atoms with E-state index in [4.69, 9.17) is 9.47 Å². The maximum Gasteiger partial charge on any atom is 0.338 e. The summed E-state index contributed by atoms with van der Waals surface area (Å²) in [5.74, 6) is 0.740. The van der Waals surface area contributed by atoms with Crippen LogP contribution >= 0.6 is 11.3 Å². The quantitative estimate of drug-likeness (QED) is 0.717. The van der Waals surface area contributed by atoms with E-state index in [1.165, 1.54) is 36.0 Å². The lowest BCUT2D eigenvalue weighted by atomic mass is 9.99. The average molecular weight is 375 g/mol. The lowest BCUT2D eigenvalue weighted by Crippen LogP contribution is -2.43. The fraction of sp³-hybridized carbons (Fsp3) is 0.333. The highest BCUT2D eigenvalue weighted by atomic mass is 32.1. The van der Waals surface area contributed by atoms with Crippen molar-refractivity contribution in [2.24, 2.45) is 0 Å². The van der Waals surface area contributed by atoms with E-state index in [1.54, 1.807) is 18.2 Å². The van der Waals surface area contributed by atoms with E-state index in [0.717, 1.165) is 25.7 Å². The minimum absolute atomic E-state index is 0.322. The van der Waals surface area contributed by atoms with Gasteiger partial charge in [0.15, 0.2) is 0 Å². The molecule has 2 aromatic rings. The van der Waals surface area contributed by atoms with Gasteiger partial charge < -0.3 is 14.8 Å². The molecule has 0 atom stereocenters. The van der Waals surface area contributed by atoms with Crippen LogP contribution in [0.25, 0.3) is 0 Å². The maximum absolute atomic E-state index is 12.3. The first-order chi connectivity index (χ1) is 12.6. The zero-order valence-electron chi connectivity index (χ0n) is 14.7. The normalized spacial score (nSPS) is 12.7. The van der Waals surface area contributed by atoms with Crippen LogP contribution in [-0.2, 0) is 12.8 Å². The second kappa shape index (κ2) is 8.09. The van der Waals surface area contributed by atoms with Crippen molar-refractivity contribution in [3.63, 3.8) is 0 Å². The van der Waals surface area contributed by atoms with Gasteiger partial charge in [0, 0.05) is 10.9 Å². The second-order valence-electron chi connectivity index (χ2n) is 5.87. The number of hydrogen-bond donors (Lipinski definition) is 3. The average Bonchev–Trinajstić information content (AvgIpc) is 3.10. The number of aryl methyl sites for hydroxylation is 2. The number of urea groups is 1. The molecule has 1 aromatic carbocycles. The van der Waals surface area contributed by atoms with Crippen LogP contribution < -0.4 is 25.6 Å². The number of benzene rings is 1. The molecule has 0 spiro atoms. The van der Waals surface area contributed by atoms with Crippen molar-refractivity contribution in [3.05, 3.63) is 39.6 Å². The van der Waals surface area contributed by atoms with Gasteiger partial charge in [-0.1, -0.05) is 0 Å². The minimum Gasteiger partial charge on any atom is -0.497 e. The molecule has 0 aliphatic heterocycles. The highest BCUT2D eigenvalue weighted by molar-refractivity contribution is 7.14. The van der Waals surface area contributed by atoms with Gasteiger partial charge in [0.1, 0.15) is 11.5 Å². The summed E-state index contributed by atoms with van der Waals surface area (Å²) in [7, 11) is 3.04. The number of ether oxygens (including phenoxy) is 2.